The molecule has 0 aliphatic heterocycles. The maximum Gasteiger partial charge on any atom is 0.135 e. The fourth-order valence-corrected chi connectivity index (χ4v) is 2.32. The van der Waals surface area contributed by atoms with Gasteiger partial charge in [-0.2, -0.15) is 0 Å². The van der Waals surface area contributed by atoms with E-state index in [1.165, 1.54) is 11.1 Å². The monoisotopic (exact) mass is 290 g/mol. The van der Waals surface area contributed by atoms with Crippen molar-refractivity contribution in [2.24, 2.45) is 0 Å². The van der Waals surface area contributed by atoms with Gasteiger partial charge in [0.1, 0.15) is 11.5 Å². The Labute approximate surface area is 133 Å². The fraction of sp³-hybridized carbons (Fsp3) is 0.143. The normalized spacial score (nSPS) is 12.4. The van der Waals surface area contributed by atoms with E-state index in [-0.39, 0.29) is 0 Å². The molecule has 0 fully saturated rings. The summed E-state index contributed by atoms with van der Waals surface area (Å²) in [5.74, 6) is 1.73. The molecule has 0 bridgehead atoms. The van der Waals surface area contributed by atoms with Crippen molar-refractivity contribution in [1.29, 1.82) is 0 Å². The van der Waals surface area contributed by atoms with Gasteiger partial charge in [0, 0.05) is 11.1 Å². The lowest BCUT2D eigenvalue weighted by Gasteiger charge is -2.00. The number of furan rings is 1. The van der Waals surface area contributed by atoms with Gasteiger partial charge in [0.25, 0.3) is 0 Å². The standard InChI is InChI=1S/C21H22O/c1-5-7-9-14-20-17(4)19(6-2)21(22-20)15-16(3)18-12-10-8-11-13-18/h5-15H,2H2,1,3-4H3/b7-5-,14-9-,16-15+. The van der Waals surface area contributed by atoms with Crippen molar-refractivity contribution in [1.82, 2.24) is 0 Å². The lowest BCUT2D eigenvalue weighted by atomic mass is 10.0. The van der Waals surface area contributed by atoms with E-state index in [1.54, 1.807) is 0 Å². The van der Waals surface area contributed by atoms with Crippen LogP contribution >= 0.6 is 0 Å². The highest BCUT2D eigenvalue weighted by Gasteiger charge is 2.11. The van der Waals surface area contributed by atoms with E-state index in [0.717, 1.165) is 22.6 Å². The van der Waals surface area contributed by atoms with Crippen molar-refractivity contribution in [2.75, 3.05) is 0 Å². The molecule has 1 aromatic heterocycles. The molecule has 2 rings (SSSR count). The van der Waals surface area contributed by atoms with Gasteiger partial charge in [-0.1, -0.05) is 61.2 Å². The van der Waals surface area contributed by atoms with Crippen LogP contribution < -0.4 is 0 Å². The van der Waals surface area contributed by atoms with E-state index < -0.39 is 0 Å². The summed E-state index contributed by atoms with van der Waals surface area (Å²) in [6, 6.07) is 10.3. The van der Waals surface area contributed by atoms with Crippen molar-refractivity contribution < 1.29 is 4.42 Å². The predicted octanol–water partition coefficient (Wildman–Crippen LogP) is 6.38. The van der Waals surface area contributed by atoms with E-state index in [0.29, 0.717) is 0 Å². The maximum atomic E-state index is 6.01. The predicted molar refractivity (Wildman–Crippen MR) is 97.4 cm³/mol. The fourth-order valence-electron chi connectivity index (χ4n) is 2.32. The second-order valence-electron chi connectivity index (χ2n) is 5.15. The summed E-state index contributed by atoms with van der Waals surface area (Å²) >= 11 is 0. The summed E-state index contributed by atoms with van der Waals surface area (Å²) in [7, 11) is 0. The molecule has 0 unspecified atom stereocenters. The Kier molecular flexibility index (Phi) is 5.37. The molecule has 0 aliphatic rings. The van der Waals surface area contributed by atoms with Crippen molar-refractivity contribution in [2.45, 2.75) is 20.8 Å². The highest BCUT2D eigenvalue weighted by atomic mass is 16.3. The van der Waals surface area contributed by atoms with Crippen LogP contribution in [0.4, 0.5) is 0 Å². The summed E-state index contributed by atoms with van der Waals surface area (Å²) in [6.45, 7) is 10.1. The second-order valence-corrected chi connectivity index (χ2v) is 5.15. The molecule has 0 saturated heterocycles. The van der Waals surface area contributed by atoms with Crippen molar-refractivity contribution >= 4 is 23.8 Å². The van der Waals surface area contributed by atoms with Crippen molar-refractivity contribution in [3.63, 3.8) is 0 Å². The van der Waals surface area contributed by atoms with Gasteiger partial charge in [-0.05, 0) is 44.1 Å². The lowest BCUT2D eigenvalue weighted by molar-refractivity contribution is 0.545. The number of benzene rings is 1. The number of allylic oxidation sites excluding steroid dienone is 4. The van der Waals surface area contributed by atoms with Gasteiger partial charge in [-0.25, -0.2) is 0 Å². The number of rotatable bonds is 5. The van der Waals surface area contributed by atoms with Gasteiger partial charge >= 0.3 is 0 Å². The number of hydrogen-bond donors (Lipinski definition) is 0. The first-order valence-electron chi connectivity index (χ1n) is 7.46. The molecule has 0 atom stereocenters. The molecule has 1 heterocycles. The van der Waals surface area contributed by atoms with Gasteiger partial charge in [-0.3, -0.25) is 0 Å². The van der Waals surface area contributed by atoms with Crippen LogP contribution in [0.1, 0.15) is 42.1 Å². The molecule has 0 radical (unpaired) electrons. The Morgan fingerprint density at radius 2 is 1.82 bits per heavy atom. The van der Waals surface area contributed by atoms with Gasteiger partial charge < -0.3 is 4.42 Å². The second kappa shape index (κ2) is 7.46. The smallest absolute Gasteiger partial charge is 0.135 e. The first-order valence-corrected chi connectivity index (χ1v) is 7.46. The van der Waals surface area contributed by atoms with E-state index in [9.17, 15) is 0 Å². The quantitative estimate of drug-likeness (QED) is 0.582. The SMILES string of the molecule is C=Cc1c(/C=C(\C)c2ccccc2)oc(/C=C\C=C/C)c1C. The van der Waals surface area contributed by atoms with Crippen molar-refractivity contribution in [3.8, 4) is 0 Å². The molecule has 2 aromatic rings. The third-order valence-electron chi connectivity index (χ3n) is 3.59. The topological polar surface area (TPSA) is 13.1 Å². The first-order chi connectivity index (χ1) is 10.7. The van der Waals surface area contributed by atoms with Crippen LogP contribution in [0.3, 0.4) is 0 Å². The molecule has 1 heteroatoms. The Hall–Kier alpha value is -2.54. The average molecular weight is 290 g/mol. The van der Waals surface area contributed by atoms with E-state index in [1.807, 2.05) is 55.5 Å². The third kappa shape index (κ3) is 3.56. The lowest BCUT2D eigenvalue weighted by Crippen LogP contribution is -1.80. The minimum absolute atomic E-state index is 0.856. The summed E-state index contributed by atoms with van der Waals surface area (Å²) in [4.78, 5) is 0. The van der Waals surface area contributed by atoms with Crippen molar-refractivity contribution in [3.05, 3.63) is 83.3 Å². The molecule has 0 saturated carbocycles. The van der Waals surface area contributed by atoms with Gasteiger partial charge in [-0.15, -0.1) is 0 Å². The minimum atomic E-state index is 0.856. The van der Waals surface area contributed by atoms with Crippen LogP contribution in [0.25, 0.3) is 23.8 Å². The zero-order chi connectivity index (χ0) is 15.9. The Morgan fingerprint density at radius 1 is 1.09 bits per heavy atom. The van der Waals surface area contributed by atoms with Gasteiger partial charge in [0.15, 0.2) is 0 Å². The van der Waals surface area contributed by atoms with Crippen LogP contribution in [0, 0.1) is 6.92 Å². The zero-order valence-electron chi connectivity index (χ0n) is 13.5. The zero-order valence-corrected chi connectivity index (χ0v) is 13.5. The highest BCUT2D eigenvalue weighted by molar-refractivity contribution is 5.82. The van der Waals surface area contributed by atoms with Crippen LogP contribution in [-0.2, 0) is 0 Å². The van der Waals surface area contributed by atoms with Gasteiger partial charge in [0.2, 0.25) is 0 Å². The van der Waals surface area contributed by atoms with E-state index in [4.69, 9.17) is 4.42 Å². The Balaban J connectivity index is 2.43. The maximum absolute atomic E-state index is 6.01. The Bertz CT molecular complexity index is 725. The molecule has 0 aliphatic carbocycles. The Morgan fingerprint density at radius 3 is 2.45 bits per heavy atom. The van der Waals surface area contributed by atoms with Crippen LogP contribution in [0.2, 0.25) is 0 Å². The molecule has 0 amide bonds. The molecular formula is C21H22O. The first kappa shape index (κ1) is 15.8. The molecule has 0 spiro atoms. The number of hydrogen-bond acceptors (Lipinski definition) is 1. The molecule has 0 N–H and O–H groups in total. The summed E-state index contributed by atoms with van der Waals surface area (Å²) < 4.78 is 6.01. The largest absolute Gasteiger partial charge is 0.456 e. The van der Waals surface area contributed by atoms with Crippen LogP contribution in [0.15, 0.2) is 59.6 Å². The molecule has 112 valence electrons. The molecule has 22 heavy (non-hydrogen) atoms. The molecule has 1 aromatic carbocycles. The highest BCUT2D eigenvalue weighted by Crippen LogP contribution is 2.28. The van der Waals surface area contributed by atoms with Crippen LogP contribution in [0.5, 0.6) is 0 Å². The summed E-state index contributed by atoms with van der Waals surface area (Å²) in [5.41, 5.74) is 4.53. The van der Waals surface area contributed by atoms with E-state index >= 15 is 0 Å². The van der Waals surface area contributed by atoms with Crippen LogP contribution in [-0.4, -0.2) is 0 Å². The third-order valence-corrected chi connectivity index (χ3v) is 3.59. The average Bonchev–Trinajstić information content (AvgIpc) is 2.83. The molecule has 1 nitrogen and oxygen atoms in total. The summed E-state index contributed by atoms with van der Waals surface area (Å²) in [6.07, 6.45) is 11.9. The minimum Gasteiger partial charge on any atom is -0.456 e. The van der Waals surface area contributed by atoms with Gasteiger partial charge in [0.05, 0.1) is 0 Å². The molecular weight excluding hydrogens is 268 g/mol. The summed E-state index contributed by atoms with van der Waals surface area (Å²) in [5, 5.41) is 0. The van der Waals surface area contributed by atoms with E-state index in [2.05, 4.69) is 38.6 Å².